The summed E-state index contributed by atoms with van der Waals surface area (Å²) in [6, 6.07) is 11.6. The number of benzene rings is 1. The summed E-state index contributed by atoms with van der Waals surface area (Å²) < 4.78 is 32.7. The van der Waals surface area contributed by atoms with Crippen molar-refractivity contribution in [1.29, 1.82) is 0 Å². The van der Waals surface area contributed by atoms with Crippen molar-refractivity contribution >= 4 is 21.1 Å². The van der Waals surface area contributed by atoms with Gasteiger partial charge in [0, 0.05) is 32.1 Å². The number of pyridine rings is 1. The van der Waals surface area contributed by atoms with Crippen molar-refractivity contribution in [2.24, 2.45) is 0 Å². The highest BCUT2D eigenvalue weighted by atomic mass is 32.2. The SMILES string of the molecule is CN(C)S(=O)(=O)N1CC[C@@H](Oc2ccc3ccccc3n2)C1. The molecule has 1 aliphatic heterocycles. The van der Waals surface area contributed by atoms with Gasteiger partial charge in [0.2, 0.25) is 5.88 Å². The van der Waals surface area contributed by atoms with E-state index in [0.29, 0.717) is 25.4 Å². The topological polar surface area (TPSA) is 62.7 Å². The predicted molar refractivity (Wildman–Crippen MR) is 85.0 cm³/mol. The van der Waals surface area contributed by atoms with E-state index < -0.39 is 10.2 Å². The van der Waals surface area contributed by atoms with Gasteiger partial charge in [0.25, 0.3) is 10.2 Å². The van der Waals surface area contributed by atoms with E-state index in [-0.39, 0.29) is 6.10 Å². The summed E-state index contributed by atoms with van der Waals surface area (Å²) in [5.74, 6) is 0.535. The summed E-state index contributed by atoms with van der Waals surface area (Å²) in [5, 5.41) is 1.05. The number of fused-ring (bicyclic) bond motifs is 1. The van der Waals surface area contributed by atoms with Gasteiger partial charge in [-0.25, -0.2) is 4.98 Å². The first-order valence-corrected chi connectivity index (χ1v) is 8.56. The van der Waals surface area contributed by atoms with Crippen LogP contribution in [0, 0.1) is 0 Å². The van der Waals surface area contributed by atoms with Crippen molar-refractivity contribution < 1.29 is 13.2 Å². The molecule has 3 rings (SSSR count). The van der Waals surface area contributed by atoms with E-state index in [2.05, 4.69) is 4.98 Å². The van der Waals surface area contributed by atoms with Crippen LogP contribution in [0.2, 0.25) is 0 Å². The van der Waals surface area contributed by atoms with Crippen LogP contribution in [0.15, 0.2) is 36.4 Å². The molecule has 2 aromatic rings. The number of para-hydroxylation sites is 1. The average Bonchev–Trinajstić information content (AvgIpc) is 2.96. The number of nitrogens with zero attached hydrogens (tertiary/aromatic N) is 3. The number of hydrogen-bond donors (Lipinski definition) is 0. The van der Waals surface area contributed by atoms with E-state index in [1.807, 2.05) is 36.4 Å². The summed E-state index contributed by atoms with van der Waals surface area (Å²) in [6.45, 7) is 0.827. The van der Waals surface area contributed by atoms with Crippen LogP contribution in [0.3, 0.4) is 0 Å². The molecule has 1 aliphatic rings. The van der Waals surface area contributed by atoms with Gasteiger partial charge in [0.1, 0.15) is 6.10 Å². The number of ether oxygens (including phenoxy) is 1. The van der Waals surface area contributed by atoms with Gasteiger partial charge >= 0.3 is 0 Å². The summed E-state index contributed by atoms with van der Waals surface area (Å²) in [5.41, 5.74) is 0.871. The van der Waals surface area contributed by atoms with Gasteiger partial charge in [-0.1, -0.05) is 18.2 Å². The third kappa shape index (κ3) is 2.92. The van der Waals surface area contributed by atoms with E-state index in [0.717, 1.165) is 10.9 Å². The lowest BCUT2D eigenvalue weighted by molar-refractivity contribution is 0.207. The minimum Gasteiger partial charge on any atom is -0.473 e. The monoisotopic (exact) mass is 321 g/mol. The van der Waals surface area contributed by atoms with E-state index >= 15 is 0 Å². The quantitative estimate of drug-likeness (QED) is 0.856. The van der Waals surface area contributed by atoms with Crippen molar-refractivity contribution in [1.82, 2.24) is 13.6 Å². The summed E-state index contributed by atoms with van der Waals surface area (Å²) >= 11 is 0. The Bertz CT molecular complexity index is 776. The Morgan fingerprint density at radius 3 is 2.77 bits per heavy atom. The van der Waals surface area contributed by atoms with Gasteiger partial charge < -0.3 is 4.74 Å². The van der Waals surface area contributed by atoms with E-state index in [4.69, 9.17) is 4.74 Å². The Hall–Kier alpha value is -1.70. The smallest absolute Gasteiger partial charge is 0.281 e. The first-order valence-electron chi connectivity index (χ1n) is 7.17. The molecule has 1 aromatic heterocycles. The molecule has 2 heterocycles. The number of hydrogen-bond acceptors (Lipinski definition) is 4. The third-order valence-electron chi connectivity index (χ3n) is 3.76. The zero-order valence-electron chi connectivity index (χ0n) is 12.6. The van der Waals surface area contributed by atoms with Crippen molar-refractivity contribution in [3.05, 3.63) is 36.4 Å². The molecule has 1 saturated heterocycles. The minimum absolute atomic E-state index is 0.164. The number of aromatic nitrogens is 1. The molecular formula is C15H19N3O3S. The minimum atomic E-state index is -3.37. The van der Waals surface area contributed by atoms with Crippen molar-refractivity contribution in [2.75, 3.05) is 27.2 Å². The molecule has 0 saturated carbocycles. The second-order valence-electron chi connectivity index (χ2n) is 5.52. The summed E-state index contributed by atoms with van der Waals surface area (Å²) in [7, 11) is -0.298. The zero-order valence-corrected chi connectivity index (χ0v) is 13.5. The van der Waals surface area contributed by atoms with E-state index in [1.54, 1.807) is 0 Å². The second kappa shape index (κ2) is 5.83. The van der Waals surface area contributed by atoms with Crippen molar-refractivity contribution in [3.63, 3.8) is 0 Å². The van der Waals surface area contributed by atoms with Gasteiger partial charge in [-0.3, -0.25) is 0 Å². The van der Waals surface area contributed by atoms with Gasteiger partial charge in [-0.2, -0.15) is 17.0 Å². The Morgan fingerprint density at radius 2 is 2.00 bits per heavy atom. The van der Waals surface area contributed by atoms with Crippen LogP contribution in [-0.2, 0) is 10.2 Å². The highest BCUT2D eigenvalue weighted by Crippen LogP contribution is 2.22. The fourth-order valence-electron chi connectivity index (χ4n) is 2.52. The molecule has 0 amide bonds. The molecule has 1 aromatic carbocycles. The Labute approximate surface area is 130 Å². The maximum atomic E-state index is 12.1. The second-order valence-corrected chi connectivity index (χ2v) is 7.66. The van der Waals surface area contributed by atoms with E-state index in [9.17, 15) is 8.42 Å². The molecule has 1 atom stereocenters. The van der Waals surface area contributed by atoms with Crippen molar-refractivity contribution in [2.45, 2.75) is 12.5 Å². The van der Waals surface area contributed by atoms with Crippen LogP contribution < -0.4 is 4.74 Å². The van der Waals surface area contributed by atoms with E-state index in [1.165, 1.54) is 22.7 Å². The first kappa shape index (κ1) is 15.2. The first-order chi connectivity index (χ1) is 10.5. The number of rotatable bonds is 4. The molecule has 0 unspecified atom stereocenters. The maximum absolute atomic E-state index is 12.1. The molecule has 0 N–H and O–H groups in total. The largest absolute Gasteiger partial charge is 0.473 e. The molecule has 0 radical (unpaired) electrons. The molecular weight excluding hydrogens is 302 g/mol. The molecule has 0 aliphatic carbocycles. The predicted octanol–water partition coefficient (Wildman–Crippen LogP) is 1.49. The molecule has 0 bridgehead atoms. The summed E-state index contributed by atoms with van der Waals surface area (Å²) in [6.07, 6.45) is 0.505. The van der Waals surface area contributed by atoms with Gasteiger partial charge in [0.05, 0.1) is 12.1 Å². The van der Waals surface area contributed by atoms with Crippen LogP contribution in [0.4, 0.5) is 0 Å². The van der Waals surface area contributed by atoms with Gasteiger partial charge in [-0.15, -0.1) is 0 Å². The van der Waals surface area contributed by atoms with Crippen LogP contribution in [-0.4, -0.2) is 55.3 Å². The fraction of sp³-hybridized carbons (Fsp3) is 0.400. The van der Waals surface area contributed by atoms with Crippen LogP contribution in [0.5, 0.6) is 5.88 Å². The lowest BCUT2D eigenvalue weighted by Crippen LogP contribution is -2.39. The highest BCUT2D eigenvalue weighted by Gasteiger charge is 2.33. The van der Waals surface area contributed by atoms with Gasteiger partial charge in [0.15, 0.2) is 0 Å². The Morgan fingerprint density at radius 1 is 1.23 bits per heavy atom. The molecule has 22 heavy (non-hydrogen) atoms. The molecule has 118 valence electrons. The Balaban J connectivity index is 1.71. The zero-order chi connectivity index (χ0) is 15.7. The molecule has 1 fully saturated rings. The normalized spacial score (nSPS) is 19.9. The lowest BCUT2D eigenvalue weighted by atomic mass is 10.2. The highest BCUT2D eigenvalue weighted by molar-refractivity contribution is 7.86. The molecule has 6 nitrogen and oxygen atoms in total. The average molecular weight is 321 g/mol. The third-order valence-corrected chi connectivity index (χ3v) is 5.66. The van der Waals surface area contributed by atoms with Crippen molar-refractivity contribution in [3.8, 4) is 5.88 Å². The molecule has 0 spiro atoms. The molecule has 7 heteroatoms. The van der Waals surface area contributed by atoms with Crippen LogP contribution in [0.25, 0.3) is 10.9 Å². The summed E-state index contributed by atoms with van der Waals surface area (Å²) in [4.78, 5) is 4.46. The lowest BCUT2D eigenvalue weighted by Gasteiger charge is -2.20. The Kier molecular flexibility index (Phi) is 4.03. The fourth-order valence-corrected chi connectivity index (χ4v) is 3.67. The maximum Gasteiger partial charge on any atom is 0.281 e. The standard InChI is InChI=1S/C15H19N3O3S/c1-17(2)22(19,20)18-10-9-13(11-18)21-15-8-7-12-5-3-4-6-14(12)16-15/h3-8,13H,9-11H2,1-2H3/t13-/m1/s1. The van der Waals surface area contributed by atoms with Crippen LogP contribution in [0.1, 0.15) is 6.42 Å². The van der Waals surface area contributed by atoms with Gasteiger partial charge in [-0.05, 0) is 18.6 Å². The van der Waals surface area contributed by atoms with Crippen LogP contribution >= 0.6 is 0 Å².